The third kappa shape index (κ3) is 4.62. The Balaban J connectivity index is 1.27. The summed E-state index contributed by atoms with van der Waals surface area (Å²) in [5.41, 5.74) is 3.18. The molecule has 1 saturated heterocycles. The van der Waals surface area contributed by atoms with Crippen LogP contribution < -0.4 is 10.0 Å². The number of nitrogens with one attached hydrogen (secondary N) is 2. The van der Waals surface area contributed by atoms with Crippen LogP contribution in [0.15, 0.2) is 102 Å². The van der Waals surface area contributed by atoms with E-state index in [2.05, 4.69) is 50.2 Å². The van der Waals surface area contributed by atoms with Crippen molar-refractivity contribution in [3.8, 4) is 0 Å². The number of hydrogen-bond donors (Lipinski definition) is 2. The first-order valence-corrected chi connectivity index (χ1v) is 14.3. The number of anilines is 1. The smallest absolute Gasteiger partial charge is 0.241 e. The molecule has 6 rings (SSSR count). The zero-order chi connectivity index (χ0) is 25.4. The first kappa shape index (κ1) is 24.1. The Morgan fingerprint density at radius 3 is 2.05 bits per heavy atom. The topological polar surface area (TPSA) is 64.7 Å². The Labute approximate surface area is 223 Å². The van der Waals surface area contributed by atoms with Gasteiger partial charge in [0, 0.05) is 31.9 Å². The van der Waals surface area contributed by atoms with Gasteiger partial charge in [-0.3, -0.25) is 4.90 Å². The van der Waals surface area contributed by atoms with Gasteiger partial charge in [-0.2, -0.15) is 0 Å². The molecule has 4 aromatic carbocycles. The molecule has 0 unspecified atom stereocenters. The minimum Gasteiger partial charge on any atom is -0.346 e. The van der Waals surface area contributed by atoms with Gasteiger partial charge in [-0.25, -0.2) is 13.1 Å². The molecule has 1 fully saturated rings. The minimum absolute atomic E-state index is 0.0996. The summed E-state index contributed by atoms with van der Waals surface area (Å²) in [7, 11) is -3.71. The number of thiocarbonyl (C=S) groups is 1. The molecule has 188 valence electrons. The second-order valence-electron chi connectivity index (χ2n) is 9.47. The quantitative estimate of drug-likeness (QED) is 0.358. The van der Waals surface area contributed by atoms with Gasteiger partial charge < -0.3 is 10.2 Å². The first-order chi connectivity index (χ1) is 18.0. The molecule has 2 N–H and O–H groups in total. The second kappa shape index (κ2) is 9.87. The third-order valence-electron chi connectivity index (χ3n) is 7.29. The first-order valence-electron chi connectivity index (χ1n) is 12.5. The van der Waals surface area contributed by atoms with Gasteiger partial charge in [0.2, 0.25) is 10.0 Å². The normalized spacial score (nSPS) is 19.7. The lowest BCUT2D eigenvalue weighted by Crippen LogP contribution is -2.52. The number of nitrogens with zero attached hydrogens (tertiary/aromatic N) is 2. The molecule has 0 bridgehead atoms. The molecule has 37 heavy (non-hydrogen) atoms. The molecule has 8 heteroatoms. The SMILES string of the molecule is O=S(=O)(N[C@@H]1c2cccc3cccc(c23)[C@@H]1N1CCN(C(=S)Nc2ccccc2)CC1)c1ccccc1. The summed E-state index contributed by atoms with van der Waals surface area (Å²) in [6.45, 7) is 3.07. The van der Waals surface area contributed by atoms with E-state index in [1.54, 1.807) is 24.3 Å². The molecule has 0 spiro atoms. The monoisotopic (exact) mass is 528 g/mol. The highest BCUT2D eigenvalue weighted by Gasteiger charge is 2.41. The summed E-state index contributed by atoms with van der Waals surface area (Å²) in [5, 5.41) is 6.33. The largest absolute Gasteiger partial charge is 0.346 e. The van der Waals surface area contributed by atoms with Crippen LogP contribution in [0.5, 0.6) is 0 Å². The van der Waals surface area contributed by atoms with Crippen LogP contribution >= 0.6 is 12.2 Å². The van der Waals surface area contributed by atoms with E-state index in [0.29, 0.717) is 5.11 Å². The van der Waals surface area contributed by atoms with E-state index in [-0.39, 0.29) is 17.0 Å². The number of benzene rings is 4. The molecule has 4 aromatic rings. The summed E-state index contributed by atoms with van der Waals surface area (Å²) in [4.78, 5) is 4.86. The highest BCUT2D eigenvalue weighted by Crippen LogP contribution is 2.47. The van der Waals surface area contributed by atoms with Crippen LogP contribution in [-0.4, -0.2) is 49.5 Å². The summed E-state index contributed by atoms with van der Waals surface area (Å²) >= 11 is 5.69. The average Bonchev–Trinajstić information content (AvgIpc) is 3.24. The van der Waals surface area contributed by atoms with E-state index >= 15 is 0 Å². The van der Waals surface area contributed by atoms with E-state index in [4.69, 9.17) is 12.2 Å². The zero-order valence-corrected chi connectivity index (χ0v) is 21.9. The van der Waals surface area contributed by atoms with Crippen molar-refractivity contribution in [2.75, 3.05) is 31.5 Å². The summed E-state index contributed by atoms with van der Waals surface area (Å²) in [5.74, 6) is 0. The molecule has 1 aliphatic carbocycles. The molecule has 0 radical (unpaired) electrons. The van der Waals surface area contributed by atoms with Crippen molar-refractivity contribution in [1.82, 2.24) is 14.5 Å². The molecule has 0 aromatic heterocycles. The van der Waals surface area contributed by atoms with Gasteiger partial charge in [0.1, 0.15) is 0 Å². The average molecular weight is 529 g/mol. The van der Waals surface area contributed by atoms with Gasteiger partial charge in [0.05, 0.1) is 17.0 Å². The highest BCUT2D eigenvalue weighted by atomic mass is 32.2. The highest BCUT2D eigenvalue weighted by molar-refractivity contribution is 7.89. The van der Waals surface area contributed by atoms with Crippen molar-refractivity contribution >= 4 is 43.8 Å². The van der Waals surface area contributed by atoms with E-state index in [9.17, 15) is 8.42 Å². The van der Waals surface area contributed by atoms with Crippen LogP contribution in [0.25, 0.3) is 10.8 Å². The molecule has 1 heterocycles. The van der Waals surface area contributed by atoms with Crippen molar-refractivity contribution in [3.63, 3.8) is 0 Å². The Morgan fingerprint density at radius 1 is 0.757 bits per heavy atom. The molecule has 6 nitrogen and oxygen atoms in total. The van der Waals surface area contributed by atoms with Crippen LogP contribution in [0, 0.1) is 0 Å². The molecule has 2 aliphatic rings. The Hall–Kier alpha value is -3.30. The van der Waals surface area contributed by atoms with Gasteiger partial charge >= 0.3 is 0 Å². The Morgan fingerprint density at radius 2 is 1.38 bits per heavy atom. The van der Waals surface area contributed by atoms with E-state index in [1.165, 1.54) is 5.56 Å². The lowest BCUT2D eigenvalue weighted by Gasteiger charge is -2.41. The van der Waals surface area contributed by atoms with Gasteiger partial charge in [-0.1, -0.05) is 72.8 Å². The standard InChI is InChI=1S/C29H28N4O2S2/c34-37(35,23-13-5-2-6-14-23)31-27-24-15-7-9-21-10-8-16-25(26(21)24)28(27)32-17-19-33(20-18-32)29(36)30-22-11-3-1-4-12-22/h1-16,27-28,31H,17-20H2,(H,30,36)/t27-,28+/m1/s1. The fraction of sp³-hybridized carbons (Fsp3) is 0.207. The van der Waals surface area contributed by atoms with Gasteiger partial charge in [-0.05, 0) is 58.4 Å². The van der Waals surface area contributed by atoms with Crippen molar-refractivity contribution in [1.29, 1.82) is 0 Å². The van der Waals surface area contributed by atoms with E-state index < -0.39 is 10.0 Å². The maximum Gasteiger partial charge on any atom is 0.241 e. The zero-order valence-electron chi connectivity index (χ0n) is 20.2. The van der Waals surface area contributed by atoms with Crippen molar-refractivity contribution in [2.24, 2.45) is 0 Å². The number of para-hydroxylation sites is 1. The summed E-state index contributed by atoms with van der Waals surface area (Å²) in [6.07, 6.45) is 0. The van der Waals surface area contributed by atoms with Crippen molar-refractivity contribution in [2.45, 2.75) is 17.0 Å². The maximum atomic E-state index is 13.4. The third-order valence-corrected chi connectivity index (χ3v) is 9.11. The minimum atomic E-state index is -3.71. The number of hydrogen-bond acceptors (Lipinski definition) is 4. The van der Waals surface area contributed by atoms with Crippen LogP contribution in [0.2, 0.25) is 0 Å². The van der Waals surface area contributed by atoms with Gasteiger partial charge in [-0.15, -0.1) is 0 Å². The Bertz CT molecular complexity index is 1530. The fourth-order valence-electron chi connectivity index (χ4n) is 5.55. The van der Waals surface area contributed by atoms with Crippen molar-refractivity contribution < 1.29 is 8.42 Å². The molecule has 2 atom stereocenters. The van der Waals surface area contributed by atoms with Crippen LogP contribution in [0.4, 0.5) is 5.69 Å². The summed E-state index contributed by atoms with van der Waals surface area (Å²) < 4.78 is 29.9. The predicted molar refractivity (Wildman–Crippen MR) is 152 cm³/mol. The van der Waals surface area contributed by atoms with Gasteiger partial charge in [0.25, 0.3) is 0 Å². The lowest BCUT2D eigenvalue weighted by atomic mass is 10.0. The number of rotatable bonds is 5. The van der Waals surface area contributed by atoms with E-state index in [0.717, 1.165) is 48.2 Å². The fourth-order valence-corrected chi connectivity index (χ4v) is 7.09. The molecular formula is C29H28N4O2S2. The van der Waals surface area contributed by atoms with Crippen molar-refractivity contribution in [3.05, 3.63) is 108 Å². The number of piperazine rings is 1. The van der Waals surface area contributed by atoms with Crippen LogP contribution in [-0.2, 0) is 10.0 Å². The van der Waals surface area contributed by atoms with E-state index in [1.807, 2.05) is 42.5 Å². The summed E-state index contributed by atoms with van der Waals surface area (Å²) in [6, 6.07) is 30.5. The predicted octanol–water partition coefficient (Wildman–Crippen LogP) is 4.93. The maximum absolute atomic E-state index is 13.4. The van der Waals surface area contributed by atoms with Crippen LogP contribution in [0.1, 0.15) is 23.2 Å². The molecule has 0 saturated carbocycles. The van der Waals surface area contributed by atoms with Crippen LogP contribution in [0.3, 0.4) is 0 Å². The lowest BCUT2D eigenvalue weighted by molar-refractivity contribution is 0.117. The number of sulfonamides is 1. The Kier molecular flexibility index (Phi) is 6.42. The molecule has 1 aliphatic heterocycles. The van der Waals surface area contributed by atoms with Gasteiger partial charge in [0.15, 0.2) is 5.11 Å². The molecular weight excluding hydrogens is 500 g/mol. The molecule has 0 amide bonds. The second-order valence-corrected chi connectivity index (χ2v) is 11.6.